The summed E-state index contributed by atoms with van der Waals surface area (Å²) in [5.74, 6) is -0.0742. The Kier molecular flexibility index (Phi) is 3.95. The van der Waals surface area contributed by atoms with Gasteiger partial charge in [0.1, 0.15) is 0 Å². The number of aryl methyl sites for hydroxylation is 1. The van der Waals surface area contributed by atoms with Crippen LogP contribution in [0.15, 0.2) is 12.4 Å². The first kappa shape index (κ1) is 12.6. The Morgan fingerprint density at radius 3 is 2.62 bits per heavy atom. The zero-order valence-electron chi connectivity index (χ0n) is 9.95. The summed E-state index contributed by atoms with van der Waals surface area (Å²) < 4.78 is 0. The summed E-state index contributed by atoms with van der Waals surface area (Å²) in [6, 6.07) is 0. The van der Waals surface area contributed by atoms with E-state index in [1.54, 1.807) is 12.4 Å². The van der Waals surface area contributed by atoms with Crippen molar-refractivity contribution in [3.8, 4) is 0 Å². The van der Waals surface area contributed by atoms with Crippen LogP contribution in [0.4, 0.5) is 0 Å². The van der Waals surface area contributed by atoms with Crippen LogP contribution in [0.25, 0.3) is 0 Å². The van der Waals surface area contributed by atoms with Crippen molar-refractivity contribution in [2.45, 2.75) is 39.3 Å². The van der Waals surface area contributed by atoms with Crippen LogP contribution in [0.5, 0.6) is 0 Å². The number of aromatic nitrogens is 2. The van der Waals surface area contributed by atoms with Gasteiger partial charge in [0.25, 0.3) is 0 Å². The first-order chi connectivity index (χ1) is 7.37. The van der Waals surface area contributed by atoms with E-state index in [1.165, 1.54) is 0 Å². The van der Waals surface area contributed by atoms with Crippen LogP contribution in [0, 0.1) is 6.92 Å². The van der Waals surface area contributed by atoms with Crippen molar-refractivity contribution in [2.24, 2.45) is 5.73 Å². The number of rotatable bonds is 4. The molecule has 88 valence electrons. The summed E-state index contributed by atoms with van der Waals surface area (Å²) in [7, 11) is 0. The van der Waals surface area contributed by atoms with E-state index in [1.807, 2.05) is 20.8 Å². The maximum Gasteiger partial charge on any atom is 0.222 e. The molecule has 3 N–H and O–H groups in total. The third kappa shape index (κ3) is 4.84. The summed E-state index contributed by atoms with van der Waals surface area (Å²) in [4.78, 5) is 19.7. The van der Waals surface area contributed by atoms with Gasteiger partial charge in [0.05, 0.1) is 24.1 Å². The molecule has 0 aromatic carbocycles. The molecule has 1 aromatic rings. The highest BCUT2D eigenvalue weighted by Gasteiger charge is 2.15. The average molecular weight is 222 g/mol. The van der Waals surface area contributed by atoms with E-state index < -0.39 is 5.54 Å². The maximum absolute atomic E-state index is 11.5. The minimum atomic E-state index is -0.483. The molecule has 0 bridgehead atoms. The van der Waals surface area contributed by atoms with Gasteiger partial charge in [-0.3, -0.25) is 14.8 Å². The summed E-state index contributed by atoms with van der Waals surface area (Å²) in [6.07, 6.45) is 3.63. The number of amides is 1. The van der Waals surface area contributed by atoms with Gasteiger partial charge in [-0.05, 0) is 20.8 Å². The van der Waals surface area contributed by atoms with Crippen LogP contribution >= 0.6 is 0 Å². The molecule has 5 heteroatoms. The number of carbonyl (C=O) groups excluding carboxylic acids is 1. The molecule has 5 nitrogen and oxygen atoms in total. The second kappa shape index (κ2) is 5.03. The van der Waals surface area contributed by atoms with Crippen LogP contribution in [-0.2, 0) is 11.3 Å². The average Bonchev–Trinajstić information content (AvgIpc) is 2.14. The molecule has 0 fully saturated rings. The van der Waals surface area contributed by atoms with Crippen LogP contribution in [-0.4, -0.2) is 21.4 Å². The third-order valence-corrected chi connectivity index (χ3v) is 1.92. The second-order valence-electron chi connectivity index (χ2n) is 4.59. The minimum Gasteiger partial charge on any atom is -0.350 e. The lowest BCUT2D eigenvalue weighted by atomic mass is 10.0. The van der Waals surface area contributed by atoms with E-state index in [-0.39, 0.29) is 5.91 Å². The molecule has 0 atom stereocenters. The van der Waals surface area contributed by atoms with Gasteiger partial charge in [0, 0.05) is 18.2 Å². The molecule has 0 saturated heterocycles. The van der Waals surface area contributed by atoms with Crippen LogP contribution < -0.4 is 11.1 Å². The molecular weight excluding hydrogens is 204 g/mol. The van der Waals surface area contributed by atoms with E-state index in [2.05, 4.69) is 15.3 Å². The fourth-order valence-corrected chi connectivity index (χ4v) is 1.18. The van der Waals surface area contributed by atoms with Gasteiger partial charge in [0.15, 0.2) is 0 Å². The van der Waals surface area contributed by atoms with Crippen LogP contribution in [0.3, 0.4) is 0 Å². The predicted octanol–water partition coefficient (Wildman–Crippen LogP) is 0.529. The van der Waals surface area contributed by atoms with Crippen molar-refractivity contribution in [1.82, 2.24) is 15.3 Å². The first-order valence-electron chi connectivity index (χ1n) is 5.20. The highest BCUT2D eigenvalue weighted by atomic mass is 16.1. The van der Waals surface area contributed by atoms with E-state index in [9.17, 15) is 4.79 Å². The topological polar surface area (TPSA) is 80.9 Å². The number of nitrogens with zero attached hydrogens (tertiary/aromatic N) is 2. The van der Waals surface area contributed by atoms with Gasteiger partial charge in [-0.25, -0.2) is 0 Å². The Hall–Kier alpha value is -1.49. The zero-order valence-corrected chi connectivity index (χ0v) is 9.95. The quantitative estimate of drug-likeness (QED) is 0.778. The van der Waals surface area contributed by atoms with Gasteiger partial charge >= 0.3 is 0 Å². The highest BCUT2D eigenvalue weighted by Crippen LogP contribution is 2.03. The smallest absolute Gasteiger partial charge is 0.222 e. The van der Waals surface area contributed by atoms with Gasteiger partial charge in [-0.1, -0.05) is 0 Å². The molecule has 16 heavy (non-hydrogen) atoms. The molecule has 1 aromatic heterocycles. The Morgan fingerprint density at radius 1 is 1.44 bits per heavy atom. The molecule has 0 radical (unpaired) electrons. The van der Waals surface area contributed by atoms with E-state index in [4.69, 9.17) is 5.73 Å². The molecule has 1 heterocycles. The number of nitrogens with two attached hydrogens (primary N) is 1. The zero-order chi connectivity index (χ0) is 12.2. The van der Waals surface area contributed by atoms with Gasteiger partial charge in [0.2, 0.25) is 5.91 Å². The molecule has 0 aliphatic rings. The van der Waals surface area contributed by atoms with Gasteiger partial charge in [-0.2, -0.15) is 0 Å². The van der Waals surface area contributed by atoms with Crippen molar-refractivity contribution in [1.29, 1.82) is 0 Å². The Balaban J connectivity index is 2.40. The molecule has 0 aliphatic heterocycles. The Morgan fingerprint density at radius 2 is 2.12 bits per heavy atom. The second-order valence-corrected chi connectivity index (χ2v) is 4.59. The number of nitrogens with one attached hydrogen (secondary N) is 1. The van der Waals surface area contributed by atoms with Crippen molar-refractivity contribution >= 4 is 5.91 Å². The lowest BCUT2D eigenvalue weighted by Gasteiger charge is -2.17. The van der Waals surface area contributed by atoms with Gasteiger partial charge < -0.3 is 11.1 Å². The molecule has 0 unspecified atom stereocenters. The van der Waals surface area contributed by atoms with Crippen LogP contribution in [0.2, 0.25) is 0 Å². The van der Waals surface area contributed by atoms with Crippen molar-refractivity contribution in [3.63, 3.8) is 0 Å². The van der Waals surface area contributed by atoms with E-state index in [0.717, 1.165) is 11.4 Å². The normalized spacial score (nSPS) is 11.2. The summed E-state index contributed by atoms with van der Waals surface area (Å²) >= 11 is 0. The summed E-state index contributed by atoms with van der Waals surface area (Å²) in [6.45, 7) is 5.89. The molecule has 1 rings (SSSR count). The largest absolute Gasteiger partial charge is 0.350 e. The number of carbonyl (C=O) groups is 1. The van der Waals surface area contributed by atoms with Crippen LogP contribution in [0.1, 0.15) is 31.7 Å². The van der Waals surface area contributed by atoms with Gasteiger partial charge in [-0.15, -0.1) is 0 Å². The third-order valence-electron chi connectivity index (χ3n) is 1.92. The predicted molar refractivity (Wildman–Crippen MR) is 61.5 cm³/mol. The fourth-order valence-electron chi connectivity index (χ4n) is 1.18. The van der Waals surface area contributed by atoms with Crippen molar-refractivity contribution in [2.75, 3.05) is 0 Å². The summed E-state index contributed by atoms with van der Waals surface area (Å²) in [5.41, 5.74) is 6.86. The maximum atomic E-state index is 11.5. The summed E-state index contributed by atoms with van der Waals surface area (Å²) in [5, 5.41) is 2.75. The molecule has 0 saturated carbocycles. The standard InChI is InChI=1S/C11H18N4O/c1-8-5-14-9(6-13-8)7-15-10(16)4-11(2,3)12/h5-6H,4,7,12H2,1-3H3,(H,15,16). The van der Waals surface area contributed by atoms with E-state index >= 15 is 0 Å². The Labute approximate surface area is 95.5 Å². The fraction of sp³-hybridized carbons (Fsp3) is 0.545. The molecular formula is C11H18N4O. The SMILES string of the molecule is Cc1cnc(CNC(=O)CC(C)(C)N)cn1. The minimum absolute atomic E-state index is 0.0742. The number of hydrogen-bond acceptors (Lipinski definition) is 4. The Bertz CT molecular complexity index is 353. The number of hydrogen-bond donors (Lipinski definition) is 2. The molecule has 1 amide bonds. The van der Waals surface area contributed by atoms with E-state index in [0.29, 0.717) is 13.0 Å². The monoisotopic (exact) mass is 222 g/mol. The lowest BCUT2D eigenvalue weighted by Crippen LogP contribution is -2.38. The molecule has 0 spiro atoms. The lowest BCUT2D eigenvalue weighted by molar-refractivity contribution is -0.122. The highest BCUT2D eigenvalue weighted by molar-refractivity contribution is 5.76. The van der Waals surface area contributed by atoms with Crippen molar-refractivity contribution < 1.29 is 4.79 Å². The van der Waals surface area contributed by atoms with Crippen molar-refractivity contribution in [3.05, 3.63) is 23.8 Å². The molecule has 0 aliphatic carbocycles. The first-order valence-corrected chi connectivity index (χ1v) is 5.20.